The van der Waals surface area contributed by atoms with E-state index in [1.54, 1.807) is 6.07 Å². The Morgan fingerprint density at radius 1 is 0.905 bits per heavy atom. The number of nitrogens with zero attached hydrogens (tertiary/aromatic N) is 1. The van der Waals surface area contributed by atoms with Gasteiger partial charge in [0.05, 0.1) is 5.52 Å². The molecule has 0 spiro atoms. The molecule has 3 heteroatoms. The molecule has 0 saturated carbocycles. The van der Waals surface area contributed by atoms with Gasteiger partial charge in [0.15, 0.2) is 0 Å². The van der Waals surface area contributed by atoms with Crippen LogP contribution in [0, 0.1) is 26.6 Å². The van der Waals surface area contributed by atoms with Crippen LogP contribution in [0.3, 0.4) is 0 Å². The minimum absolute atomic E-state index is 0.253. The van der Waals surface area contributed by atoms with Crippen molar-refractivity contribution in [2.75, 3.05) is 5.32 Å². The van der Waals surface area contributed by atoms with Gasteiger partial charge in [0.2, 0.25) is 0 Å². The maximum atomic E-state index is 13.5. The number of fused-ring (bicyclic) bond motifs is 1. The molecule has 2 aromatic carbocycles. The monoisotopic (exact) mass is 280 g/mol. The van der Waals surface area contributed by atoms with E-state index in [4.69, 9.17) is 0 Å². The second-order valence-corrected chi connectivity index (χ2v) is 5.42. The summed E-state index contributed by atoms with van der Waals surface area (Å²) in [7, 11) is 0. The van der Waals surface area contributed by atoms with Crippen LogP contribution in [0.5, 0.6) is 0 Å². The molecule has 0 unspecified atom stereocenters. The predicted molar refractivity (Wildman–Crippen MR) is 85.6 cm³/mol. The minimum atomic E-state index is -0.253. The Morgan fingerprint density at radius 2 is 1.71 bits per heavy atom. The zero-order valence-corrected chi connectivity index (χ0v) is 12.4. The van der Waals surface area contributed by atoms with E-state index in [9.17, 15) is 4.39 Å². The Morgan fingerprint density at radius 3 is 2.48 bits per heavy atom. The van der Waals surface area contributed by atoms with Crippen LogP contribution in [0.15, 0.2) is 42.5 Å². The standard InChI is InChI=1S/C18H17FN2/c1-11-4-6-16(12(2)8-11)21-18-9-13(3)20-17-7-5-14(19)10-15(17)18/h4-10H,1-3H3,(H,20,21). The van der Waals surface area contributed by atoms with Gasteiger partial charge in [-0.2, -0.15) is 0 Å². The molecule has 1 aromatic heterocycles. The third kappa shape index (κ3) is 2.72. The predicted octanol–water partition coefficient (Wildman–Crippen LogP) is 5.04. The molecule has 0 radical (unpaired) electrons. The summed E-state index contributed by atoms with van der Waals surface area (Å²) in [6.07, 6.45) is 0. The highest BCUT2D eigenvalue weighted by Crippen LogP contribution is 2.28. The van der Waals surface area contributed by atoms with Crippen molar-refractivity contribution in [2.45, 2.75) is 20.8 Å². The molecule has 0 fully saturated rings. The van der Waals surface area contributed by atoms with Crippen molar-refractivity contribution in [2.24, 2.45) is 0 Å². The summed E-state index contributed by atoms with van der Waals surface area (Å²) >= 11 is 0. The summed E-state index contributed by atoms with van der Waals surface area (Å²) in [5.74, 6) is -0.253. The summed E-state index contributed by atoms with van der Waals surface area (Å²) in [5, 5.41) is 4.20. The van der Waals surface area contributed by atoms with E-state index in [0.29, 0.717) is 0 Å². The SMILES string of the molecule is Cc1ccc(Nc2cc(C)nc3ccc(F)cc23)c(C)c1. The number of aromatic nitrogens is 1. The molecular formula is C18H17FN2. The summed E-state index contributed by atoms with van der Waals surface area (Å²) in [6.45, 7) is 6.07. The second-order valence-electron chi connectivity index (χ2n) is 5.42. The van der Waals surface area contributed by atoms with E-state index in [0.717, 1.165) is 33.5 Å². The van der Waals surface area contributed by atoms with Crippen molar-refractivity contribution in [3.8, 4) is 0 Å². The molecular weight excluding hydrogens is 263 g/mol. The van der Waals surface area contributed by atoms with Gasteiger partial charge in [-0.1, -0.05) is 17.7 Å². The largest absolute Gasteiger partial charge is 0.355 e. The smallest absolute Gasteiger partial charge is 0.124 e. The number of halogens is 1. The van der Waals surface area contributed by atoms with Gasteiger partial charge in [0.25, 0.3) is 0 Å². The number of nitrogens with one attached hydrogen (secondary N) is 1. The van der Waals surface area contributed by atoms with Crippen molar-refractivity contribution in [1.82, 2.24) is 4.98 Å². The van der Waals surface area contributed by atoms with Crippen LogP contribution in [0.4, 0.5) is 15.8 Å². The fraction of sp³-hybridized carbons (Fsp3) is 0.167. The van der Waals surface area contributed by atoms with Crippen molar-refractivity contribution < 1.29 is 4.39 Å². The fourth-order valence-corrected chi connectivity index (χ4v) is 2.53. The average molecular weight is 280 g/mol. The molecule has 0 aliphatic rings. The van der Waals surface area contributed by atoms with Crippen molar-refractivity contribution in [3.63, 3.8) is 0 Å². The van der Waals surface area contributed by atoms with Crippen molar-refractivity contribution in [1.29, 1.82) is 0 Å². The summed E-state index contributed by atoms with van der Waals surface area (Å²) in [6, 6.07) is 12.9. The lowest BCUT2D eigenvalue weighted by Gasteiger charge is -2.13. The van der Waals surface area contributed by atoms with Crippen LogP contribution in [-0.2, 0) is 0 Å². The van der Waals surface area contributed by atoms with Gasteiger partial charge in [-0.05, 0) is 56.7 Å². The van der Waals surface area contributed by atoms with E-state index < -0.39 is 0 Å². The quantitative estimate of drug-likeness (QED) is 0.711. The number of benzene rings is 2. The van der Waals surface area contributed by atoms with Crippen LogP contribution in [0.1, 0.15) is 16.8 Å². The van der Waals surface area contributed by atoms with E-state index in [-0.39, 0.29) is 5.82 Å². The number of rotatable bonds is 2. The highest BCUT2D eigenvalue weighted by molar-refractivity contribution is 5.93. The summed E-state index contributed by atoms with van der Waals surface area (Å²) < 4.78 is 13.5. The normalized spacial score (nSPS) is 10.9. The Hall–Kier alpha value is -2.42. The van der Waals surface area contributed by atoms with Gasteiger partial charge in [-0.15, -0.1) is 0 Å². The van der Waals surface area contributed by atoms with Gasteiger partial charge in [0, 0.05) is 22.5 Å². The average Bonchev–Trinajstić information content (AvgIpc) is 2.42. The first kappa shape index (κ1) is 13.6. The molecule has 3 rings (SSSR count). The molecule has 0 aliphatic carbocycles. The fourth-order valence-electron chi connectivity index (χ4n) is 2.53. The maximum absolute atomic E-state index is 13.5. The number of anilines is 2. The Labute approximate surface area is 123 Å². The molecule has 1 heterocycles. The maximum Gasteiger partial charge on any atom is 0.124 e. The van der Waals surface area contributed by atoms with E-state index in [1.165, 1.54) is 17.7 Å². The lowest BCUT2D eigenvalue weighted by Crippen LogP contribution is -1.97. The zero-order valence-electron chi connectivity index (χ0n) is 12.4. The number of hydrogen-bond donors (Lipinski definition) is 1. The molecule has 106 valence electrons. The number of hydrogen-bond acceptors (Lipinski definition) is 2. The highest BCUT2D eigenvalue weighted by Gasteiger charge is 2.07. The third-order valence-corrected chi connectivity index (χ3v) is 3.55. The van der Waals surface area contributed by atoms with E-state index in [1.807, 2.05) is 19.1 Å². The molecule has 0 amide bonds. The van der Waals surface area contributed by atoms with Gasteiger partial charge in [0.1, 0.15) is 5.82 Å². The molecule has 0 aliphatic heterocycles. The Bertz CT molecular complexity index is 825. The minimum Gasteiger partial charge on any atom is -0.355 e. The Balaban J connectivity index is 2.13. The van der Waals surface area contributed by atoms with Crippen LogP contribution in [0.2, 0.25) is 0 Å². The van der Waals surface area contributed by atoms with E-state index in [2.05, 4.69) is 36.3 Å². The molecule has 2 nitrogen and oxygen atoms in total. The summed E-state index contributed by atoms with van der Waals surface area (Å²) in [5.41, 5.74) is 5.99. The van der Waals surface area contributed by atoms with E-state index >= 15 is 0 Å². The lowest BCUT2D eigenvalue weighted by atomic mass is 10.1. The molecule has 0 bridgehead atoms. The van der Waals surface area contributed by atoms with Gasteiger partial charge in [-0.25, -0.2) is 4.39 Å². The van der Waals surface area contributed by atoms with Crippen LogP contribution >= 0.6 is 0 Å². The topological polar surface area (TPSA) is 24.9 Å². The van der Waals surface area contributed by atoms with Gasteiger partial charge in [-0.3, -0.25) is 4.98 Å². The summed E-state index contributed by atoms with van der Waals surface area (Å²) in [4.78, 5) is 4.45. The number of aryl methyl sites for hydroxylation is 3. The van der Waals surface area contributed by atoms with Crippen molar-refractivity contribution >= 4 is 22.3 Å². The second kappa shape index (κ2) is 5.17. The van der Waals surface area contributed by atoms with Crippen LogP contribution < -0.4 is 5.32 Å². The molecule has 1 N–H and O–H groups in total. The Kier molecular flexibility index (Phi) is 3.34. The molecule has 0 saturated heterocycles. The van der Waals surface area contributed by atoms with Crippen molar-refractivity contribution in [3.05, 3.63) is 65.1 Å². The highest BCUT2D eigenvalue weighted by atomic mass is 19.1. The molecule has 0 atom stereocenters. The first-order valence-corrected chi connectivity index (χ1v) is 6.94. The zero-order chi connectivity index (χ0) is 15.0. The number of pyridine rings is 1. The van der Waals surface area contributed by atoms with Gasteiger partial charge >= 0.3 is 0 Å². The van der Waals surface area contributed by atoms with Crippen LogP contribution in [-0.4, -0.2) is 4.98 Å². The first-order chi connectivity index (χ1) is 10.0. The van der Waals surface area contributed by atoms with Crippen LogP contribution in [0.25, 0.3) is 10.9 Å². The van der Waals surface area contributed by atoms with Gasteiger partial charge < -0.3 is 5.32 Å². The first-order valence-electron chi connectivity index (χ1n) is 6.94. The lowest BCUT2D eigenvalue weighted by molar-refractivity contribution is 0.629. The molecule has 3 aromatic rings. The molecule has 21 heavy (non-hydrogen) atoms. The third-order valence-electron chi connectivity index (χ3n) is 3.55.